The molecule has 2 aromatic carbocycles. The first-order valence-corrected chi connectivity index (χ1v) is 12.0. The number of sulfonamides is 1. The summed E-state index contributed by atoms with van der Waals surface area (Å²) in [6.07, 6.45) is 1.16. The minimum absolute atomic E-state index is 0.0731. The Kier molecular flexibility index (Phi) is 7.69. The van der Waals surface area contributed by atoms with Gasteiger partial charge < -0.3 is 14.8 Å². The normalized spacial score (nSPS) is 17.2. The molecule has 0 aliphatic carbocycles. The Morgan fingerprint density at radius 3 is 2.52 bits per heavy atom. The van der Waals surface area contributed by atoms with Crippen molar-refractivity contribution in [1.29, 1.82) is 0 Å². The first kappa shape index (κ1) is 23.7. The zero-order valence-corrected chi connectivity index (χ0v) is 19.6. The number of hydrogen-bond donors (Lipinski definition) is 1. The molecule has 1 fully saturated rings. The fourth-order valence-corrected chi connectivity index (χ4v) is 5.53. The van der Waals surface area contributed by atoms with E-state index in [2.05, 4.69) is 5.32 Å². The molecule has 1 amide bonds. The molecule has 1 atom stereocenters. The van der Waals surface area contributed by atoms with E-state index in [0.29, 0.717) is 48.2 Å². The maximum absolute atomic E-state index is 13.1. The van der Waals surface area contributed by atoms with Gasteiger partial charge >= 0.3 is 0 Å². The fraction of sp³-hybridized carbons (Fsp3) is 0.381. The molecule has 1 aliphatic heterocycles. The Balaban J connectivity index is 1.72. The second-order valence-electron chi connectivity index (χ2n) is 7.07. The third-order valence-corrected chi connectivity index (χ3v) is 7.47. The molecule has 0 saturated carbocycles. The molecule has 168 valence electrons. The third kappa shape index (κ3) is 5.44. The SMILES string of the molecule is CCOc1ccc(S(=O)(=O)N2CCC[C@H](C(=O)Nc3ccc(OC)c(Cl)c3)C2)cc1Cl. The van der Waals surface area contributed by atoms with Crippen molar-refractivity contribution in [1.82, 2.24) is 4.31 Å². The smallest absolute Gasteiger partial charge is 0.243 e. The Bertz CT molecular complexity index is 1060. The summed E-state index contributed by atoms with van der Waals surface area (Å²) in [6, 6.07) is 9.32. The maximum atomic E-state index is 13.1. The summed E-state index contributed by atoms with van der Waals surface area (Å²) in [5.41, 5.74) is 0.522. The zero-order valence-electron chi connectivity index (χ0n) is 17.2. The lowest BCUT2D eigenvalue weighted by atomic mass is 9.98. The van der Waals surface area contributed by atoms with Crippen molar-refractivity contribution in [3.63, 3.8) is 0 Å². The molecule has 1 N–H and O–H groups in total. The molecule has 0 aromatic heterocycles. The van der Waals surface area contributed by atoms with Crippen molar-refractivity contribution in [2.24, 2.45) is 5.92 Å². The van der Waals surface area contributed by atoms with Gasteiger partial charge in [0.15, 0.2) is 0 Å². The number of rotatable bonds is 7. The zero-order chi connectivity index (χ0) is 22.6. The number of anilines is 1. The molecule has 7 nitrogen and oxygen atoms in total. The van der Waals surface area contributed by atoms with E-state index in [1.807, 2.05) is 6.92 Å². The van der Waals surface area contributed by atoms with E-state index >= 15 is 0 Å². The summed E-state index contributed by atoms with van der Waals surface area (Å²) in [5, 5.41) is 3.41. The predicted molar refractivity (Wildman–Crippen MR) is 121 cm³/mol. The third-order valence-electron chi connectivity index (χ3n) is 5.02. The standard InChI is InChI=1S/C21H24Cl2N2O5S/c1-3-30-20-9-7-16(12-18(20)23)31(27,28)25-10-4-5-14(13-25)21(26)24-15-6-8-19(29-2)17(22)11-15/h6-9,11-12,14H,3-5,10,13H2,1-2H3,(H,24,26)/t14-/m0/s1. The van der Waals surface area contributed by atoms with Crippen LogP contribution in [0.3, 0.4) is 0 Å². The van der Waals surface area contributed by atoms with Crippen LogP contribution >= 0.6 is 23.2 Å². The largest absolute Gasteiger partial charge is 0.495 e. The van der Waals surface area contributed by atoms with Gasteiger partial charge in [-0.2, -0.15) is 4.31 Å². The lowest BCUT2D eigenvalue weighted by molar-refractivity contribution is -0.120. The summed E-state index contributed by atoms with van der Waals surface area (Å²) in [4.78, 5) is 12.8. The summed E-state index contributed by atoms with van der Waals surface area (Å²) in [6.45, 7) is 2.67. The molecule has 1 saturated heterocycles. The van der Waals surface area contributed by atoms with Gasteiger partial charge in [0.05, 0.1) is 34.6 Å². The lowest BCUT2D eigenvalue weighted by Gasteiger charge is -2.31. The van der Waals surface area contributed by atoms with Gasteiger partial charge in [-0.3, -0.25) is 4.79 Å². The number of ether oxygens (including phenoxy) is 2. The summed E-state index contributed by atoms with van der Waals surface area (Å²) < 4.78 is 38.0. The van der Waals surface area contributed by atoms with Gasteiger partial charge in [0.2, 0.25) is 15.9 Å². The first-order chi connectivity index (χ1) is 14.8. The minimum Gasteiger partial charge on any atom is -0.495 e. The molecule has 2 aromatic rings. The molecule has 1 aliphatic rings. The van der Waals surface area contributed by atoms with E-state index in [9.17, 15) is 13.2 Å². The number of carbonyl (C=O) groups excluding carboxylic acids is 1. The Labute approximate surface area is 192 Å². The average Bonchev–Trinajstić information content (AvgIpc) is 2.75. The molecule has 1 heterocycles. The average molecular weight is 487 g/mol. The number of hydrogen-bond acceptors (Lipinski definition) is 5. The van der Waals surface area contributed by atoms with Crippen LogP contribution in [0.1, 0.15) is 19.8 Å². The van der Waals surface area contributed by atoms with E-state index in [1.165, 1.54) is 23.5 Å². The topological polar surface area (TPSA) is 84.9 Å². The van der Waals surface area contributed by atoms with E-state index in [1.54, 1.807) is 24.3 Å². The van der Waals surface area contributed by atoms with Gasteiger partial charge in [0, 0.05) is 18.8 Å². The fourth-order valence-electron chi connectivity index (χ4n) is 3.43. The van der Waals surface area contributed by atoms with Crippen molar-refractivity contribution in [3.8, 4) is 11.5 Å². The van der Waals surface area contributed by atoms with E-state index in [4.69, 9.17) is 32.7 Å². The maximum Gasteiger partial charge on any atom is 0.243 e. The van der Waals surface area contributed by atoms with Crippen molar-refractivity contribution >= 4 is 44.8 Å². The number of piperidine rings is 1. The van der Waals surface area contributed by atoms with Gasteiger partial charge in [-0.25, -0.2) is 8.42 Å². The first-order valence-electron chi connectivity index (χ1n) is 9.83. The van der Waals surface area contributed by atoms with Crippen LogP contribution in [0.2, 0.25) is 10.0 Å². The summed E-state index contributed by atoms with van der Waals surface area (Å²) >= 11 is 12.3. The molecule has 3 rings (SSSR count). The molecular formula is C21H24Cl2N2O5S. The van der Waals surface area contributed by atoms with Gasteiger partial charge in [-0.15, -0.1) is 0 Å². The van der Waals surface area contributed by atoms with Gasteiger partial charge in [-0.05, 0) is 56.2 Å². The number of carbonyl (C=O) groups is 1. The quantitative estimate of drug-likeness (QED) is 0.624. The molecule has 0 unspecified atom stereocenters. The second kappa shape index (κ2) is 10.1. The van der Waals surface area contributed by atoms with Crippen LogP contribution in [-0.4, -0.2) is 45.4 Å². The van der Waals surface area contributed by atoms with Gasteiger partial charge in [0.1, 0.15) is 11.5 Å². The van der Waals surface area contributed by atoms with Crippen LogP contribution in [0, 0.1) is 5.92 Å². The van der Waals surface area contributed by atoms with Crippen molar-refractivity contribution < 1.29 is 22.7 Å². The van der Waals surface area contributed by atoms with E-state index in [0.717, 1.165) is 0 Å². The number of nitrogens with zero attached hydrogens (tertiary/aromatic N) is 1. The highest BCUT2D eigenvalue weighted by molar-refractivity contribution is 7.89. The second-order valence-corrected chi connectivity index (χ2v) is 9.82. The van der Waals surface area contributed by atoms with E-state index in [-0.39, 0.29) is 22.4 Å². The lowest BCUT2D eigenvalue weighted by Crippen LogP contribution is -2.43. The van der Waals surface area contributed by atoms with Crippen molar-refractivity contribution in [2.75, 3.05) is 32.1 Å². The molecule has 31 heavy (non-hydrogen) atoms. The molecular weight excluding hydrogens is 463 g/mol. The highest BCUT2D eigenvalue weighted by atomic mass is 35.5. The van der Waals surface area contributed by atoms with Crippen LogP contribution in [0.25, 0.3) is 0 Å². The van der Waals surface area contributed by atoms with E-state index < -0.39 is 15.9 Å². The Morgan fingerprint density at radius 1 is 1.16 bits per heavy atom. The highest BCUT2D eigenvalue weighted by Gasteiger charge is 2.33. The molecule has 10 heteroatoms. The molecule has 0 radical (unpaired) electrons. The predicted octanol–water partition coefficient (Wildman–Crippen LogP) is 4.44. The number of methoxy groups -OCH3 is 1. The highest BCUT2D eigenvalue weighted by Crippen LogP contribution is 2.31. The van der Waals surface area contributed by atoms with Crippen LogP contribution in [0.15, 0.2) is 41.3 Å². The number of halogens is 2. The van der Waals surface area contributed by atoms with Crippen LogP contribution in [0.5, 0.6) is 11.5 Å². The van der Waals surface area contributed by atoms with Gasteiger partial charge in [0.25, 0.3) is 0 Å². The number of nitrogens with one attached hydrogen (secondary N) is 1. The number of amides is 1. The van der Waals surface area contributed by atoms with Gasteiger partial charge in [-0.1, -0.05) is 23.2 Å². The molecule has 0 bridgehead atoms. The van der Waals surface area contributed by atoms with Crippen molar-refractivity contribution in [2.45, 2.75) is 24.7 Å². The Morgan fingerprint density at radius 2 is 1.87 bits per heavy atom. The Hall–Kier alpha value is -2.00. The van der Waals surface area contributed by atoms with Crippen LogP contribution in [-0.2, 0) is 14.8 Å². The monoisotopic (exact) mass is 486 g/mol. The van der Waals surface area contributed by atoms with Crippen molar-refractivity contribution in [3.05, 3.63) is 46.4 Å². The van der Waals surface area contributed by atoms with Crippen LogP contribution < -0.4 is 14.8 Å². The summed E-state index contributed by atoms with van der Waals surface area (Å²) in [7, 11) is -2.29. The van der Waals surface area contributed by atoms with Crippen LogP contribution in [0.4, 0.5) is 5.69 Å². The summed E-state index contributed by atoms with van der Waals surface area (Å²) in [5.74, 6) is 0.189. The minimum atomic E-state index is -3.80. The number of benzene rings is 2. The molecule has 0 spiro atoms.